The highest BCUT2D eigenvalue weighted by atomic mass is 31.2. The standard InChI is InChI=1S/C39H72NO7P/c1-6-8-10-11-12-13-14-15-16-17-18-19-20-21-22-23-24-25-26-27-28-29-30-31-34-44-36-38(47-39(41)32-9-7-2)37-46-48(42,43)45-35-33-40(3,4)5/h8,10,12-13,15-16,18-19,38H,6-7,9,11,14,17,20-37H2,1-5H3/b10-8-,13-12-,16-15-,19-18-. The second kappa shape index (κ2) is 32.7. The molecule has 0 bridgehead atoms. The molecule has 0 aliphatic heterocycles. The number of esters is 1. The van der Waals surface area contributed by atoms with Crippen molar-refractivity contribution in [2.24, 2.45) is 0 Å². The fraction of sp³-hybridized carbons (Fsp3) is 0.769. The van der Waals surface area contributed by atoms with Crippen LogP contribution >= 0.6 is 7.82 Å². The molecule has 0 saturated heterocycles. The fourth-order valence-corrected chi connectivity index (χ4v) is 5.42. The zero-order chi connectivity index (χ0) is 35.6. The van der Waals surface area contributed by atoms with E-state index in [2.05, 4.69) is 55.5 Å². The Morgan fingerprint density at radius 2 is 1.19 bits per heavy atom. The Bertz CT molecular complexity index is 911. The Morgan fingerprint density at radius 1 is 0.667 bits per heavy atom. The first-order chi connectivity index (χ1) is 23.1. The number of carbonyl (C=O) groups is 1. The lowest BCUT2D eigenvalue weighted by Crippen LogP contribution is -2.37. The summed E-state index contributed by atoms with van der Waals surface area (Å²) in [5, 5.41) is 0. The van der Waals surface area contributed by atoms with Crippen LogP contribution < -0.4 is 4.89 Å². The summed E-state index contributed by atoms with van der Waals surface area (Å²) in [6.07, 6.45) is 38.1. The van der Waals surface area contributed by atoms with Crippen LogP contribution in [0, 0.1) is 0 Å². The van der Waals surface area contributed by atoms with Crippen molar-refractivity contribution in [2.45, 2.75) is 142 Å². The quantitative estimate of drug-likeness (QED) is 0.0217. The third kappa shape index (κ3) is 35.8. The van der Waals surface area contributed by atoms with Gasteiger partial charge in [-0.25, -0.2) is 0 Å². The topological polar surface area (TPSA) is 94.1 Å². The van der Waals surface area contributed by atoms with Crippen molar-refractivity contribution in [1.82, 2.24) is 0 Å². The highest BCUT2D eigenvalue weighted by Crippen LogP contribution is 2.38. The van der Waals surface area contributed by atoms with E-state index < -0.39 is 13.9 Å². The maximum atomic E-state index is 12.2. The number of unbranched alkanes of at least 4 members (excludes halogenated alkanes) is 12. The first kappa shape index (κ1) is 46.5. The number of phosphoric acid groups is 1. The van der Waals surface area contributed by atoms with Crippen molar-refractivity contribution in [3.05, 3.63) is 48.6 Å². The minimum atomic E-state index is -4.50. The molecule has 9 heteroatoms. The number of nitrogens with zero attached hydrogens (tertiary/aromatic N) is 1. The molecule has 0 spiro atoms. The SMILES string of the molecule is CC/C=C\C/C=C\C/C=C\C/C=C\CCCCCCCCCCCCCOCC(COP(=O)([O-])OCC[N+](C)(C)C)OC(=O)CCCC. The number of hydrogen-bond donors (Lipinski definition) is 0. The van der Waals surface area contributed by atoms with Crippen LogP contribution in [0.4, 0.5) is 0 Å². The van der Waals surface area contributed by atoms with E-state index in [4.69, 9.17) is 18.5 Å². The molecule has 0 aromatic heterocycles. The molecule has 2 unspecified atom stereocenters. The molecule has 0 aromatic carbocycles. The van der Waals surface area contributed by atoms with Gasteiger partial charge in [0.25, 0.3) is 7.82 Å². The minimum Gasteiger partial charge on any atom is -0.756 e. The van der Waals surface area contributed by atoms with Gasteiger partial charge in [0.05, 0.1) is 34.4 Å². The van der Waals surface area contributed by atoms with E-state index >= 15 is 0 Å². The van der Waals surface area contributed by atoms with E-state index in [1.165, 1.54) is 64.2 Å². The van der Waals surface area contributed by atoms with Gasteiger partial charge >= 0.3 is 5.97 Å². The summed E-state index contributed by atoms with van der Waals surface area (Å²) in [6.45, 7) is 5.02. The molecular formula is C39H72NO7P. The highest BCUT2D eigenvalue weighted by molar-refractivity contribution is 7.45. The maximum Gasteiger partial charge on any atom is 0.306 e. The van der Waals surface area contributed by atoms with E-state index in [1.807, 2.05) is 28.1 Å². The van der Waals surface area contributed by atoms with Gasteiger partial charge in [0.15, 0.2) is 0 Å². The zero-order valence-electron chi connectivity index (χ0n) is 31.4. The second-order valence-electron chi connectivity index (χ2n) is 13.6. The second-order valence-corrected chi connectivity index (χ2v) is 15.0. The van der Waals surface area contributed by atoms with Gasteiger partial charge in [0.2, 0.25) is 0 Å². The average Bonchev–Trinajstić information content (AvgIpc) is 3.03. The maximum absolute atomic E-state index is 12.2. The van der Waals surface area contributed by atoms with Gasteiger partial charge in [-0.2, -0.15) is 0 Å². The smallest absolute Gasteiger partial charge is 0.306 e. The normalized spacial score (nSPS) is 14.5. The predicted octanol–water partition coefficient (Wildman–Crippen LogP) is 9.80. The monoisotopic (exact) mass is 698 g/mol. The van der Waals surface area contributed by atoms with Crippen molar-refractivity contribution < 1.29 is 37.3 Å². The number of likely N-dealkylation sites (N-methyl/N-ethyl adjacent to an activating group) is 1. The molecule has 0 heterocycles. The van der Waals surface area contributed by atoms with Crippen LogP contribution in [-0.4, -0.2) is 70.7 Å². The molecule has 2 atom stereocenters. The average molecular weight is 698 g/mol. The lowest BCUT2D eigenvalue weighted by molar-refractivity contribution is -0.870. The van der Waals surface area contributed by atoms with Crippen LogP contribution in [0.15, 0.2) is 48.6 Å². The summed E-state index contributed by atoms with van der Waals surface area (Å²) < 4.78 is 33.9. The van der Waals surface area contributed by atoms with Crippen molar-refractivity contribution in [3.63, 3.8) is 0 Å². The summed E-state index contributed by atoms with van der Waals surface area (Å²) in [5.41, 5.74) is 0. The van der Waals surface area contributed by atoms with Crippen molar-refractivity contribution in [3.8, 4) is 0 Å². The lowest BCUT2D eigenvalue weighted by atomic mass is 10.1. The molecule has 0 aromatic rings. The van der Waals surface area contributed by atoms with Gasteiger partial charge in [-0.3, -0.25) is 9.36 Å². The number of phosphoric ester groups is 1. The van der Waals surface area contributed by atoms with Gasteiger partial charge < -0.3 is 27.9 Å². The van der Waals surface area contributed by atoms with Gasteiger partial charge in [-0.1, -0.05) is 127 Å². The van der Waals surface area contributed by atoms with Crippen LogP contribution in [0.5, 0.6) is 0 Å². The van der Waals surface area contributed by atoms with Crippen LogP contribution in [-0.2, 0) is 27.9 Å². The molecule has 48 heavy (non-hydrogen) atoms. The number of hydrogen-bond acceptors (Lipinski definition) is 7. The molecule has 8 nitrogen and oxygen atoms in total. The zero-order valence-corrected chi connectivity index (χ0v) is 32.3. The Labute approximate surface area is 295 Å². The Morgan fingerprint density at radius 3 is 1.73 bits per heavy atom. The Balaban J connectivity index is 3.84. The van der Waals surface area contributed by atoms with Crippen LogP contribution in [0.2, 0.25) is 0 Å². The molecule has 0 amide bonds. The van der Waals surface area contributed by atoms with Gasteiger partial charge in [-0.05, 0) is 51.4 Å². The van der Waals surface area contributed by atoms with E-state index in [1.54, 1.807) is 0 Å². The number of quaternary nitrogens is 1. The summed E-state index contributed by atoms with van der Waals surface area (Å²) >= 11 is 0. The number of rotatable bonds is 34. The van der Waals surface area contributed by atoms with Gasteiger partial charge in [0, 0.05) is 13.0 Å². The minimum absolute atomic E-state index is 0.0233. The molecular weight excluding hydrogens is 625 g/mol. The molecule has 0 aliphatic carbocycles. The van der Waals surface area contributed by atoms with Crippen molar-refractivity contribution in [2.75, 3.05) is 54.1 Å². The molecule has 0 aliphatic rings. The number of carbonyl (C=O) groups excluding carboxylic acids is 1. The van der Waals surface area contributed by atoms with Crippen LogP contribution in [0.25, 0.3) is 0 Å². The fourth-order valence-electron chi connectivity index (χ4n) is 4.69. The van der Waals surface area contributed by atoms with Crippen LogP contribution in [0.1, 0.15) is 136 Å². The van der Waals surface area contributed by atoms with Crippen molar-refractivity contribution in [1.29, 1.82) is 0 Å². The first-order valence-electron chi connectivity index (χ1n) is 18.9. The summed E-state index contributed by atoms with van der Waals surface area (Å²) in [5.74, 6) is -0.373. The molecule has 0 radical (unpaired) electrons. The van der Waals surface area contributed by atoms with E-state index in [0.717, 1.165) is 44.9 Å². The first-order valence-corrected chi connectivity index (χ1v) is 20.3. The molecule has 0 fully saturated rings. The van der Waals surface area contributed by atoms with E-state index in [-0.39, 0.29) is 32.2 Å². The molecule has 0 saturated carbocycles. The van der Waals surface area contributed by atoms with Crippen LogP contribution in [0.3, 0.4) is 0 Å². The van der Waals surface area contributed by atoms with Crippen molar-refractivity contribution >= 4 is 13.8 Å². The number of ether oxygens (including phenoxy) is 2. The summed E-state index contributed by atoms with van der Waals surface area (Å²) in [7, 11) is 1.34. The van der Waals surface area contributed by atoms with E-state index in [9.17, 15) is 14.3 Å². The lowest BCUT2D eigenvalue weighted by Gasteiger charge is -2.28. The summed E-state index contributed by atoms with van der Waals surface area (Å²) in [4.78, 5) is 24.3. The Kier molecular flexibility index (Phi) is 31.6. The largest absolute Gasteiger partial charge is 0.756 e. The summed E-state index contributed by atoms with van der Waals surface area (Å²) in [6, 6.07) is 0. The third-order valence-electron chi connectivity index (χ3n) is 7.64. The molecule has 0 N–H and O–H groups in total. The third-order valence-corrected chi connectivity index (χ3v) is 8.61. The molecule has 0 rings (SSSR count). The molecule has 280 valence electrons. The van der Waals surface area contributed by atoms with E-state index in [0.29, 0.717) is 24.1 Å². The highest BCUT2D eigenvalue weighted by Gasteiger charge is 2.20. The predicted molar refractivity (Wildman–Crippen MR) is 199 cm³/mol. The van der Waals surface area contributed by atoms with Gasteiger partial charge in [-0.15, -0.1) is 0 Å². The Hall–Kier alpha value is -1.54. The van der Waals surface area contributed by atoms with Gasteiger partial charge in [0.1, 0.15) is 19.3 Å². The number of allylic oxidation sites excluding steroid dienone is 8.